The average molecular weight is 288 g/mol. The molecule has 0 unspecified atom stereocenters. The predicted octanol–water partition coefficient (Wildman–Crippen LogP) is 4.01. The summed E-state index contributed by atoms with van der Waals surface area (Å²) >= 11 is 6.19. The van der Waals surface area contributed by atoms with Gasteiger partial charge in [0.25, 0.3) is 0 Å². The number of halogens is 1. The lowest BCUT2D eigenvalue weighted by molar-refractivity contribution is 0.709. The van der Waals surface area contributed by atoms with Crippen molar-refractivity contribution in [2.45, 2.75) is 38.6 Å². The van der Waals surface area contributed by atoms with Gasteiger partial charge in [-0.3, -0.25) is 0 Å². The Morgan fingerprint density at radius 3 is 2.80 bits per heavy atom. The van der Waals surface area contributed by atoms with E-state index in [0.717, 1.165) is 29.2 Å². The standard InChI is InChI=1S/C16H18ClN3/c17-14-8-5-4-6-12(14)10-18-16-13-7-2-1-3-9-15(13)19-11-20-16/h4-6,8,11H,1-3,7,9-10H2,(H,18,19,20). The largest absolute Gasteiger partial charge is 0.366 e. The molecule has 1 aromatic carbocycles. The van der Waals surface area contributed by atoms with Gasteiger partial charge in [0.1, 0.15) is 12.1 Å². The maximum absolute atomic E-state index is 6.19. The zero-order valence-corrected chi connectivity index (χ0v) is 12.2. The average Bonchev–Trinajstić information content (AvgIpc) is 2.72. The Morgan fingerprint density at radius 1 is 1.05 bits per heavy atom. The van der Waals surface area contributed by atoms with Gasteiger partial charge in [-0.1, -0.05) is 36.2 Å². The molecule has 1 aliphatic carbocycles. The Morgan fingerprint density at radius 2 is 1.90 bits per heavy atom. The molecule has 4 heteroatoms. The maximum atomic E-state index is 6.19. The van der Waals surface area contributed by atoms with E-state index in [0.29, 0.717) is 6.54 Å². The van der Waals surface area contributed by atoms with Gasteiger partial charge in [0, 0.05) is 22.8 Å². The zero-order chi connectivity index (χ0) is 13.8. The number of benzene rings is 1. The van der Waals surface area contributed by atoms with Crippen LogP contribution in [0.1, 0.15) is 36.1 Å². The van der Waals surface area contributed by atoms with Gasteiger partial charge in [0.15, 0.2) is 0 Å². The molecule has 0 aliphatic heterocycles. The van der Waals surface area contributed by atoms with Gasteiger partial charge in [-0.05, 0) is 37.3 Å². The number of anilines is 1. The molecule has 0 radical (unpaired) electrons. The van der Waals surface area contributed by atoms with Gasteiger partial charge in [-0.25, -0.2) is 9.97 Å². The van der Waals surface area contributed by atoms with Crippen LogP contribution in [0.5, 0.6) is 0 Å². The third-order valence-corrected chi connectivity index (χ3v) is 4.15. The summed E-state index contributed by atoms with van der Waals surface area (Å²) in [6.07, 6.45) is 7.54. The number of nitrogens with zero attached hydrogens (tertiary/aromatic N) is 2. The van der Waals surface area contributed by atoms with Gasteiger partial charge in [-0.15, -0.1) is 0 Å². The Hall–Kier alpha value is -1.61. The summed E-state index contributed by atoms with van der Waals surface area (Å²) in [6.45, 7) is 0.698. The highest BCUT2D eigenvalue weighted by molar-refractivity contribution is 6.31. The first kappa shape index (κ1) is 13.4. The Balaban J connectivity index is 1.80. The SMILES string of the molecule is Clc1ccccc1CNc1ncnc2c1CCCCC2. The first-order valence-corrected chi connectivity index (χ1v) is 7.52. The van der Waals surface area contributed by atoms with Crippen molar-refractivity contribution in [1.82, 2.24) is 9.97 Å². The second-order valence-electron chi connectivity index (χ2n) is 5.15. The van der Waals surface area contributed by atoms with Crippen LogP contribution in [-0.2, 0) is 19.4 Å². The summed E-state index contributed by atoms with van der Waals surface area (Å²) in [5.41, 5.74) is 3.59. The first-order chi connectivity index (χ1) is 9.84. The molecule has 3 nitrogen and oxygen atoms in total. The molecule has 1 aromatic heterocycles. The fourth-order valence-electron chi connectivity index (χ4n) is 2.67. The third-order valence-electron chi connectivity index (χ3n) is 3.78. The van der Waals surface area contributed by atoms with Crippen LogP contribution in [0.3, 0.4) is 0 Å². The molecule has 0 bridgehead atoms. The van der Waals surface area contributed by atoms with E-state index in [1.54, 1.807) is 6.33 Å². The number of rotatable bonds is 3. The van der Waals surface area contributed by atoms with E-state index >= 15 is 0 Å². The molecule has 1 aliphatic rings. The lowest BCUT2D eigenvalue weighted by Crippen LogP contribution is -2.08. The van der Waals surface area contributed by atoms with Crippen molar-refractivity contribution in [3.63, 3.8) is 0 Å². The predicted molar refractivity (Wildman–Crippen MR) is 82.1 cm³/mol. The fraction of sp³-hybridized carbons (Fsp3) is 0.375. The molecule has 2 aromatic rings. The monoisotopic (exact) mass is 287 g/mol. The molecule has 0 spiro atoms. The second-order valence-corrected chi connectivity index (χ2v) is 5.56. The topological polar surface area (TPSA) is 37.8 Å². The minimum atomic E-state index is 0.698. The molecule has 0 atom stereocenters. The van der Waals surface area contributed by atoms with E-state index < -0.39 is 0 Å². The molecular formula is C16H18ClN3. The lowest BCUT2D eigenvalue weighted by atomic mass is 10.1. The molecular weight excluding hydrogens is 270 g/mol. The minimum Gasteiger partial charge on any atom is -0.366 e. The highest BCUT2D eigenvalue weighted by Gasteiger charge is 2.14. The fourth-order valence-corrected chi connectivity index (χ4v) is 2.87. The van der Waals surface area contributed by atoms with Gasteiger partial charge < -0.3 is 5.32 Å². The molecule has 0 amide bonds. The van der Waals surface area contributed by atoms with Gasteiger partial charge in [-0.2, -0.15) is 0 Å². The van der Waals surface area contributed by atoms with Crippen LogP contribution in [-0.4, -0.2) is 9.97 Å². The van der Waals surface area contributed by atoms with Crippen LogP contribution in [0, 0.1) is 0 Å². The lowest BCUT2D eigenvalue weighted by Gasteiger charge is -2.13. The summed E-state index contributed by atoms with van der Waals surface area (Å²) < 4.78 is 0. The molecule has 1 heterocycles. The van der Waals surface area contributed by atoms with Gasteiger partial charge in [0.05, 0.1) is 0 Å². The van der Waals surface area contributed by atoms with E-state index in [2.05, 4.69) is 15.3 Å². The number of aromatic nitrogens is 2. The van der Waals surface area contributed by atoms with Crippen molar-refractivity contribution in [3.8, 4) is 0 Å². The minimum absolute atomic E-state index is 0.698. The van der Waals surface area contributed by atoms with Crippen LogP contribution >= 0.6 is 11.6 Å². The summed E-state index contributed by atoms with van der Waals surface area (Å²) in [5.74, 6) is 0.969. The van der Waals surface area contributed by atoms with Crippen molar-refractivity contribution in [2.75, 3.05) is 5.32 Å². The van der Waals surface area contributed by atoms with E-state index in [-0.39, 0.29) is 0 Å². The van der Waals surface area contributed by atoms with Crippen molar-refractivity contribution in [1.29, 1.82) is 0 Å². The van der Waals surface area contributed by atoms with Crippen LogP contribution in [0.2, 0.25) is 5.02 Å². The summed E-state index contributed by atoms with van der Waals surface area (Å²) in [4.78, 5) is 8.85. The van der Waals surface area contributed by atoms with Gasteiger partial charge >= 0.3 is 0 Å². The maximum Gasteiger partial charge on any atom is 0.133 e. The molecule has 0 saturated carbocycles. The van der Waals surface area contributed by atoms with E-state index in [1.165, 1.54) is 30.5 Å². The normalized spacial score (nSPS) is 14.4. The molecule has 0 fully saturated rings. The number of nitrogens with one attached hydrogen (secondary N) is 1. The van der Waals surface area contributed by atoms with Crippen molar-refractivity contribution in [3.05, 3.63) is 52.4 Å². The number of hydrogen-bond donors (Lipinski definition) is 1. The second kappa shape index (κ2) is 6.23. The Kier molecular flexibility index (Phi) is 4.16. The third kappa shape index (κ3) is 2.93. The Bertz CT molecular complexity index is 598. The first-order valence-electron chi connectivity index (χ1n) is 7.14. The number of hydrogen-bond acceptors (Lipinski definition) is 3. The Labute approximate surface area is 124 Å². The molecule has 1 N–H and O–H groups in total. The molecule has 0 saturated heterocycles. The van der Waals surface area contributed by atoms with Crippen molar-refractivity contribution >= 4 is 17.4 Å². The number of aryl methyl sites for hydroxylation is 1. The van der Waals surface area contributed by atoms with Gasteiger partial charge in [0.2, 0.25) is 0 Å². The van der Waals surface area contributed by atoms with E-state index in [9.17, 15) is 0 Å². The van der Waals surface area contributed by atoms with Crippen LogP contribution in [0.15, 0.2) is 30.6 Å². The molecule has 20 heavy (non-hydrogen) atoms. The van der Waals surface area contributed by atoms with E-state index in [1.807, 2.05) is 24.3 Å². The molecule has 3 rings (SSSR count). The zero-order valence-electron chi connectivity index (χ0n) is 11.4. The van der Waals surface area contributed by atoms with Crippen molar-refractivity contribution < 1.29 is 0 Å². The summed E-state index contributed by atoms with van der Waals surface area (Å²) in [5, 5.41) is 4.21. The summed E-state index contributed by atoms with van der Waals surface area (Å²) in [7, 11) is 0. The van der Waals surface area contributed by atoms with Crippen LogP contribution in [0.4, 0.5) is 5.82 Å². The number of fused-ring (bicyclic) bond motifs is 1. The van der Waals surface area contributed by atoms with E-state index in [4.69, 9.17) is 11.6 Å². The molecule has 104 valence electrons. The summed E-state index contributed by atoms with van der Waals surface area (Å²) in [6, 6.07) is 7.90. The highest BCUT2D eigenvalue weighted by atomic mass is 35.5. The smallest absolute Gasteiger partial charge is 0.133 e. The van der Waals surface area contributed by atoms with Crippen LogP contribution in [0.25, 0.3) is 0 Å². The van der Waals surface area contributed by atoms with Crippen LogP contribution < -0.4 is 5.32 Å². The quantitative estimate of drug-likeness (QED) is 0.867. The van der Waals surface area contributed by atoms with Crippen molar-refractivity contribution in [2.24, 2.45) is 0 Å². The highest BCUT2D eigenvalue weighted by Crippen LogP contribution is 2.24.